The first kappa shape index (κ1) is 35.7. The highest BCUT2D eigenvalue weighted by Crippen LogP contribution is 2.90. The summed E-state index contributed by atoms with van der Waals surface area (Å²) in [6.07, 6.45) is 1.85. The minimum absolute atomic E-state index is 0.0420. The summed E-state index contributed by atoms with van der Waals surface area (Å²) in [5, 5.41) is 35.0. The molecule has 0 aromatic rings. The van der Waals surface area contributed by atoms with E-state index in [2.05, 4.69) is 34.6 Å². The van der Waals surface area contributed by atoms with Gasteiger partial charge in [-0.1, -0.05) is 34.6 Å². The summed E-state index contributed by atoms with van der Waals surface area (Å²) in [4.78, 5) is 23.7. The number of esters is 2. The van der Waals surface area contributed by atoms with Crippen LogP contribution in [0.2, 0.25) is 0 Å². The molecule has 11 nitrogen and oxygen atoms in total. The van der Waals surface area contributed by atoms with E-state index in [0.29, 0.717) is 17.8 Å². The van der Waals surface area contributed by atoms with Gasteiger partial charge in [-0.05, 0) is 105 Å². The van der Waals surface area contributed by atoms with E-state index in [1.165, 1.54) is 13.8 Å². The van der Waals surface area contributed by atoms with Crippen LogP contribution in [0.15, 0.2) is 0 Å². The molecule has 0 aromatic carbocycles. The number of rotatable bonds is 5. The number of carbonyl (C=O) groups is 2. The van der Waals surface area contributed by atoms with Crippen molar-refractivity contribution in [1.82, 2.24) is 0 Å². The summed E-state index contributed by atoms with van der Waals surface area (Å²) in [7, 11) is 0. The van der Waals surface area contributed by atoms with Crippen LogP contribution in [0.5, 0.6) is 0 Å². The second-order valence-electron chi connectivity index (χ2n) is 19.4. The molecule has 3 N–H and O–H groups in total. The lowest BCUT2D eigenvalue weighted by molar-refractivity contribution is -0.306. The molecule has 3 aliphatic heterocycles. The number of ether oxygens (including phenoxy) is 6. The van der Waals surface area contributed by atoms with Gasteiger partial charge in [0.25, 0.3) is 0 Å². The van der Waals surface area contributed by atoms with Gasteiger partial charge in [0.1, 0.15) is 18.3 Å². The molecule has 8 aliphatic rings. The van der Waals surface area contributed by atoms with Crippen LogP contribution in [-0.2, 0) is 38.0 Å². The third kappa shape index (κ3) is 4.34. The van der Waals surface area contributed by atoms with Crippen molar-refractivity contribution in [3.05, 3.63) is 0 Å². The highest BCUT2D eigenvalue weighted by Gasteiger charge is 2.88. The van der Waals surface area contributed by atoms with Crippen molar-refractivity contribution in [2.75, 3.05) is 6.61 Å². The fraction of sp³-hybridized carbons (Fsp3) is 0.949. The second-order valence-corrected chi connectivity index (χ2v) is 19.4. The minimum Gasteiger partial charge on any atom is -0.457 e. The highest BCUT2D eigenvalue weighted by atomic mass is 16.8. The SMILES string of the molecule is CC(=O)O[C@H]1[C@H](O[C@H]2CC[C@]34C[C@]35CC[C@]3(C)[C@H]6[C@H](C)C[C@H]7O[C@@]6(O[C@@H]7C(C)(C)O)[C@H](O)[C@@]3(C)[C@@H]5CC[C@H]4C2(C)C)OC[C@H](OC(C)=O)[C@@H]1O. The van der Waals surface area contributed by atoms with Crippen LogP contribution in [0.25, 0.3) is 0 Å². The lowest BCUT2D eigenvalue weighted by Gasteiger charge is -2.63. The summed E-state index contributed by atoms with van der Waals surface area (Å²) in [6.45, 7) is 17.7. The van der Waals surface area contributed by atoms with Crippen LogP contribution < -0.4 is 0 Å². The van der Waals surface area contributed by atoms with Crippen LogP contribution in [0.3, 0.4) is 0 Å². The van der Waals surface area contributed by atoms with Crippen molar-refractivity contribution in [3.63, 3.8) is 0 Å². The first-order valence-corrected chi connectivity index (χ1v) is 19.3. The lowest BCUT2D eigenvalue weighted by atomic mass is 9.41. The standard InChI is InChI=1S/C39H60O11/c1-19-16-22-30(34(6,7)44)50-39(49-22)29(19)35(8)14-15-38-18-37(38)13-12-26(33(4,5)24(37)10-11-25(38)36(35,9)32(39)43)48-31-28(47-21(3)41)27(42)23(17-45-31)46-20(2)40/h19,22-32,42-44H,10-18H2,1-9H3/t19-,22-,23+,24+,25+,26+,27+,28-,29-,30+,31+,32-,35-,36-,37-,38+,39+/m1/s1. The topological polar surface area (TPSA) is 150 Å². The van der Waals surface area contributed by atoms with E-state index in [1.807, 2.05) is 0 Å². The van der Waals surface area contributed by atoms with E-state index < -0.39 is 65.6 Å². The van der Waals surface area contributed by atoms with E-state index >= 15 is 0 Å². The molecular formula is C39H60O11. The van der Waals surface area contributed by atoms with Crippen LogP contribution in [0.4, 0.5) is 0 Å². The van der Waals surface area contributed by atoms with Gasteiger partial charge in [0.05, 0.1) is 24.4 Å². The van der Waals surface area contributed by atoms with E-state index in [-0.39, 0.29) is 46.4 Å². The van der Waals surface area contributed by atoms with Gasteiger partial charge in [0, 0.05) is 25.2 Å². The summed E-state index contributed by atoms with van der Waals surface area (Å²) in [5.74, 6) is -1.19. The summed E-state index contributed by atoms with van der Waals surface area (Å²) >= 11 is 0. The molecule has 282 valence electrons. The minimum atomic E-state index is -1.27. The average Bonchev–Trinajstić information content (AvgIpc) is 3.52. The molecule has 5 aliphatic carbocycles. The van der Waals surface area contributed by atoms with Gasteiger partial charge in [-0.25, -0.2) is 0 Å². The van der Waals surface area contributed by atoms with Crippen molar-refractivity contribution in [3.8, 4) is 0 Å². The number of carbonyl (C=O) groups excluding carboxylic acids is 2. The van der Waals surface area contributed by atoms with Gasteiger partial charge in [-0.3, -0.25) is 9.59 Å². The van der Waals surface area contributed by atoms with Crippen molar-refractivity contribution >= 4 is 11.9 Å². The number of hydrogen-bond acceptors (Lipinski definition) is 11. The summed E-state index contributed by atoms with van der Waals surface area (Å²) in [5.41, 5.74) is -1.66. The Bertz CT molecular complexity index is 1430. The molecule has 2 bridgehead atoms. The first-order chi connectivity index (χ1) is 23.2. The Kier molecular flexibility index (Phi) is 7.76. The zero-order chi connectivity index (χ0) is 36.2. The Morgan fingerprint density at radius 1 is 0.880 bits per heavy atom. The molecule has 3 heterocycles. The van der Waals surface area contributed by atoms with Gasteiger partial charge in [0.2, 0.25) is 0 Å². The van der Waals surface area contributed by atoms with Crippen LogP contribution >= 0.6 is 0 Å². The molecule has 5 saturated carbocycles. The second kappa shape index (κ2) is 10.9. The summed E-state index contributed by atoms with van der Waals surface area (Å²) < 4.78 is 37.2. The van der Waals surface area contributed by atoms with Crippen LogP contribution in [0.1, 0.15) is 114 Å². The molecule has 3 spiro atoms. The fourth-order valence-electron chi connectivity index (χ4n) is 14.6. The number of fused-ring (bicyclic) bond motifs is 4. The number of hydrogen-bond donors (Lipinski definition) is 3. The van der Waals surface area contributed by atoms with Crippen molar-refractivity contribution in [2.45, 2.75) is 174 Å². The molecule has 0 radical (unpaired) electrons. The molecule has 50 heavy (non-hydrogen) atoms. The van der Waals surface area contributed by atoms with Gasteiger partial charge in [0.15, 0.2) is 24.3 Å². The third-order valence-electron chi connectivity index (χ3n) is 16.5. The quantitative estimate of drug-likeness (QED) is 0.278. The predicted molar refractivity (Wildman–Crippen MR) is 178 cm³/mol. The normalized spacial score (nSPS) is 55.8. The lowest BCUT2D eigenvalue weighted by Crippen LogP contribution is -2.61. The molecule has 8 rings (SSSR count). The van der Waals surface area contributed by atoms with Gasteiger partial charge < -0.3 is 43.7 Å². The largest absolute Gasteiger partial charge is 0.457 e. The first-order valence-electron chi connectivity index (χ1n) is 19.3. The molecule has 3 saturated heterocycles. The molecule has 11 heteroatoms. The van der Waals surface area contributed by atoms with Crippen LogP contribution in [-0.4, -0.2) is 94.3 Å². The van der Waals surface area contributed by atoms with Gasteiger partial charge in [-0.2, -0.15) is 0 Å². The zero-order valence-electron chi connectivity index (χ0n) is 31.4. The fourth-order valence-corrected chi connectivity index (χ4v) is 14.6. The maximum atomic E-state index is 12.7. The molecular weight excluding hydrogens is 644 g/mol. The predicted octanol–water partition coefficient (Wildman–Crippen LogP) is 4.26. The Morgan fingerprint density at radius 3 is 2.20 bits per heavy atom. The Labute approximate surface area is 296 Å². The third-order valence-corrected chi connectivity index (χ3v) is 16.5. The molecule has 0 amide bonds. The maximum absolute atomic E-state index is 12.7. The number of aliphatic hydroxyl groups is 3. The van der Waals surface area contributed by atoms with E-state index in [4.69, 9.17) is 28.4 Å². The Morgan fingerprint density at radius 2 is 1.54 bits per heavy atom. The molecule has 8 fully saturated rings. The Hall–Kier alpha value is -1.34. The van der Waals surface area contributed by atoms with Gasteiger partial charge >= 0.3 is 11.9 Å². The number of aliphatic hydroxyl groups excluding tert-OH is 2. The van der Waals surface area contributed by atoms with Crippen molar-refractivity contribution in [1.29, 1.82) is 0 Å². The molecule has 17 atom stereocenters. The maximum Gasteiger partial charge on any atom is 0.303 e. The van der Waals surface area contributed by atoms with E-state index in [9.17, 15) is 24.9 Å². The molecule has 0 aromatic heterocycles. The molecule has 0 unspecified atom stereocenters. The Balaban J connectivity index is 1.06. The summed E-state index contributed by atoms with van der Waals surface area (Å²) in [6, 6.07) is 0. The highest BCUT2D eigenvalue weighted by molar-refractivity contribution is 5.67. The van der Waals surface area contributed by atoms with Crippen molar-refractivity contribution in [2.24, 2.45) is 50.7 Å². The monoisotopic (exact) mass is 704 g/mol. The zero-order valence-corrected chi connectivity index (χ0v) is 31.4. The average molecular weight is 705 g/mol. The smallest absolute Gasteiger partial charge is 0.303 e. The van der Waals surface area contributed by atoms with Crippen molar-refractivity contribution < 1.29 is 53.3 Å². The van der Waals surface area contributed by atoms with Crippen LogP contribution in [0, 0.1) is 50.7 Å². The van der Waals surface area contributed by atoms with E-state index in [0.717, 1.165) is 51.4 Å². The van der Waals surface area contributed by atoms with Gasteiger partial charge in [-0.15, -0.1) is 0 Å². The van der Waals surface area contributed by atoms with E-state index in [1.54, 1.807) is 13.8 Å².